The second kappa shape index (κ2) is 5.15. The molecule has 1 N–H and O–H groups in total. The molecule has 1 aromatic rings. The minimum absolute atomic E-state index is 0.0635. The molecule has 2 atom stereocenters. The highest BCUT2D eigenvalue weighted by Crippen LogP contribution is 2.26. The van der Waals surface area contributed by atoms with Crippen molar-refractivity contribution in [3.05, 3.63) is 16.1 Å². The predicted molar refractivity (Wildman–Crippen MR) is 66.2 cm³/mol. The number of carbonyl (C=O) groups is 1. The van der Waals surface area contributed by atoms with E-state index in [2.05, 4.69) is 10.3 Å². The van der Waals surface area contributed by atoms with Crippen LogP contribution in [0.1, 0.15) is 34.8 Å². The molecule has 5 heteroatoms. The number of rotatable bonds is 3. The zero-order chi connectivity index (χ0) is 11.5. The van der Waals surface area contributed by atoms with E-state index in [1.807, 2.05) is 6.92 Å². The van der Waals surface area contributed by atoms with Crippen LogP contribution in [0.4, 0.5) is 0 Å². The average Bonchev–Trinajstić information content (AvgIpc) is 2.86. The fraction of sp³-hybridized carbons (Fsp3) is 0.636. The summed E-state index contributed by atoms with van der Waals surface area (Å²) in [6.45, 7) is 1.90. The quantitative estimate of drug-likeness (QED) is 0.847. The lowest BCUT2D eigenvalue weighted by Crippen LogP contribution is -2.38. The van der Waals surface area contributed by atoms with Crippen LogP contribution >= 0.6 is 22.9 Å². The van der Waals surface area contributed by atoms with Gasteiger partial charge in [0.1, 0.15) is 5.69 Å². The Labute approximate surface area is 104 Å². The Kier molecular flexibility index (Phi) is 3.82. The predicted octanol–water partition coefficient (Wildman–Crippen LogP) is 2.59. The fourth-order valence-corrected chi connectivity index (χ4v) is 3.08. The first-order chi connectivity index (χ1) is 7.70. The molecule has 16 heavy (non-hydrogen) atoms. The van der Waals surface area contributed by atoms with E-state index in [4.69, 9.17) is 11.6 Å². The Bertz CT molecular complexity index is 380. The van der Waals surface area contributed by atoms with Crippen molar-refractivity contribution in [2.24, 2.45) is 5.92 Å². The Morgan fingerprint density at radius 1 is 1.69 bits per heavy atom. The lowest BCUT2D eigenvalue weighted by Gasteiger charge is -2.17. The van der Waals surface area contributed by atoms with Crippen LogP contribution in [-0.4, -0.2) is 22.8 Å². The zero-order valence-corrected chi connectivity index (χ0v) is 10.8. The Morgan fingerprint density at radius 2 is 2.50 bits per heavy atom. The highest BCUT2D eigenvalue weighted by molar-refractivity contribution is 7.09. The SMILES string of the molecule is Cc1nc(C(=O)NC2CCCC2CCl)cs1. The summed E-state index contributed by atoms with van der Waals surface area (Å²) < 4.78 is 0. The van der Waals surface area contributed by atoms with Gasteiger partial charge in [0.05, 0.1) is 5.01 Å². The van der Waals surface area contributed by atoms with Gasteiger partial charge in [-0.2, -0.15) is 0 Å². The summed E-state index contributed by atoms with van der Waals surface area (Å²) in [6.07, 6.45) is 3.30. The molecule has 1 aromatic heterocycles. The van der Waals surface area contributed by atoms with Gasteiger partial charge in [-0.25, -0.2) is 4.98 Å². The average molecular weight is 259 g/mol. The number of alkyl halides is 1. The van der Waals surface area contributed by atoms with Gasteiger partial charge in [0.25, 0.3) is 5.91 Å². The molecular formula is C11H15ClN2OS. The van der Waals surface area contributed by atoms with Gasteiger partial charge in [-0.05, 0) is 25.7 Å². The Morgan fingerprint density at radius 3 is 3.12 bits per heavy atom. The molecular weight excluding hydrogens is 244 g/mol. The van der Waals surface area contributed by atoms with Crippen molar-refractivity contribution in [2.45, 2.75) is 32.2 Å². The Hall–Kier alpha value is -0.610. The van der Waals surface area contributed by atoms with E-state index in [-0.39, 0.29) is 11.9 Å². The van der Waals surface area contributed by atoms with Crippen molar-refractivity contribution >= 4 is 28.8 Å². The zero-order valence-electron chi connectivity index (χ0n) is 9.20. The van der Waals surface area contributed by atoms with Crippen LogP contribution in [0.25, 0.3) is 0 Å². The normalized spacial score (nSPS) is 24.6. The van der Waals surface area contributed by atoms with E-state index in [1.165, 1.54) is 11.3 Å². The smallest absolute Gasteiger partial charge is 0.270 e. The molecule has 0 radical (unpaired) electrons. The maximum absolute atomic E-state index is 11.9. The first-order valence-corrected chi connectivity index (χ1v) is 6.91. The molecule has 1 aliphatic carbocycles. The number of aromatic nitrogens is 1. The monoisotopic (exact) mass is 258 g/mol. The van der Waals surface area contributed by atoms with Crippen LogP contribution in [0.3, 0.4) is 0 Å². The number of aryl methyl sites for hydroxylation is 1. The fourth-order valence-electron chi connectivity index (χ4n) is 2.12. The molecule has 0 aromatic carbocycles. The highest BCUT2D eigenvalue weighted by Gasteiger charge is 2.28. The number of nitrogens with one attached hydrogen (secondary N) is 1. The lowest BCUT2D eigenvalue weighted by atomic mass is 10.1. The first-order valence-electron chi connectivity index (χ1n) is 5.49. The second-order valence-corrected chi connectivity index (χ2v) is 5.55. The lowest BCUT2D eigenvalue weighted by molar-refractivity contribution is 0.0925. The third kappa shape index (κ3) is 2.55. The van der Waals surface area contributed by atoms with Crippen LogP contribution in [0, 0.1) is 12.8 Å². The van der Waals surface area contributed by atoms with Crippen LogP contribution in [0.2, 0.25) is 0 Å². The summed E-state index contributed by atoms with van der Waals surface area (Å²) in [6, 6.07) is 0.229. The summed E-state index contributed by atoms with van der Waals surface area (Å²) in [5, 5.41) is 5.75. The minimum atomic E-state index is -0.0635. The molecule has 1 fully saturated rings. The number of thiazole rings is 1. The number of halogens is 1. The van der Waals surface area contributed by atoms with Gasteiger partial charge >= 0.3 is 0 Å². The summed E-state index contributed by atoms with van der Waals surface area (Å²) in [4.78, 5) is 16.0. The van der Waals surface area contributed by atoms with Gasteiger partial charge in [0, 0.05) is 17.3 Å². The molecule has 1 saturated carbocycles. The number of amides is 1. The van der Waals surface area contributed by atoms with Crippen LogP contribution in [-0.2, 0) is 0 Å². The second-order valence-electron chi connectivity index (χ2n) is 4.18. The third-order valence-electron chi connectivity index (χ3n) is 3.03. The summed E-state index contributed by atoms with van der Waals surface area (Å²) in [5.41, 5.74) is 0.530. The maximum atomic E-state index is 11.9. The molecule has 0 aliphatic heterocycles. The van der Waals surface area contributed by atoms with Crippen LogP contribution in [0.15, 0.2) is 5.38 Å². The van der Waals surface area contributed by atoms with Gasteiger partial charge in [-0.15, -0.1) is 22.9 Å². The molecule has 1 aliphatic rings. The first kappa shape index (κ1) is 11.9. The molecule has 0 saturated heterocycles. The van der Waals surface area contributed by atoms with Gasteiger partial charge < -0.3 is 5.32 Å². The van der Waals surface area contributed by atoms with Gasteiger partial charge in [0.2, 0.25) is 0 Å². The van der Waals surface area contributed by atoms with E-state index < -0.39 is 0 Å². The van der Waals surface area contributed by atoms with Crippen LogP contribution < -0.4 is 5.32 Å². The third-order valence-corrected chi connectivity index (χ3v) is 4.20. The van der Waals surface area contributed by atoms with Crippen molar-refractivity contribution in [3.8, 4) is 0 Å². The van der Waals surface area contributed by atoms with Gasteiger partial charge in [-0.1, -0.05) is 6.42 Å². The number of hydrogen-bond acceptors (Lipinski definition) is 3. The van der Waals surface area contributed by atoms with E-state index in [0.717, 1.165) is 24.3 Å². The minimum Gasteiger partial charge on any atom is -0.348 e. The molecule has 3 nitrogen and oxygen atoms in total. The molecule has 2 rings (SSSR count). The van der Waals surface area contributed by atoms with Crippen molar-refractivity contribution in [3.63, 3.8) is 0 Å². The van der Waals surface area contributed by atoms with Gasteiger partial charge in [-0.3, -0.25) is 4.79 Å². The van der Waals surface area contributed by atoms with E-state index in [1.54, 1.807) is 5.38 Å². The standard InChI is InChI=1S/C11H15ClN2OS/c1-7-13-10(6-16-7)11(15)14-9-4-2-3-8(9)5-12/h6,8-9H,2-5H2,1H3,(H,14,15). The van der Waals surface area contributed by atoms with Crippen LogP contribution in [0.5, 0.6) is 0 Å². The molecule has 0 bridgehead atoms. The molecule has 2 unspecified atom stereocenters. The molecule has 1 heterocycles. The van der Waals surface area contributed by atoms with Gasteiger partial charge in [0.15, 0.2) is 0 Å². The van der Waals surface area contributed by atoms with E-state index in [9.17, 15) is 4.79 Å². The van der Waals surface area contributed by atoms with Crippen molar-refractivity contribution in [1.82, 2.24) is 10.3 Å². The highest BCUT2D eigenvalue weighted by atomic mass is 35.5. The Balaban J connectivity index is 1.97. The molecule has 88 valence electrons. The molecule has 1 amide bonds. The summed E-state index contributed by atoms with van der Waals surface area (Å²) >= 11 is 7.37. The number of hydrogen-bond donors (Lipinski definition) is 1. The molecule has 0 spiro atoms. The van der Waals surface area contributed by atoms with Crippen molar-refractivity contribution in [1.29, 1.82) is 0 Å². The summed E-state index contributed by atoms with van der Waals surface area (Å²) in [7, 11) is 0. The number of nitrogens with zero attached hydrogens (tertiary/aromatic N) is 1. The topological polar surface area (TPSA) is 42.0 Å². The van der Waals surface area contributed by atoms with Crippen molar-refractivity contribution < 1.29 is 4.79 Å². The van der Waals surface area contributed by atoms with E-state index >= 15 is 0 Å². The van der Waals surface area contributed by atoms with Crippen molar-refractivity contribution in [2.75, 3.05) is 5.88 Å². The maximum Gasteiger partial charge on any atom is 0.270 e. The van der Waals surface area contributed by atoms with E-state index in [0.29, 0.717) is 17.5 Å². The largest absolute Gasteiger partial charge is 0.348 e. The summed E-state index contributed by atoms with van der Waals surface area (Å²) in [5.74, 6) is 0.984. The number of carbonyl (C=O) groups excluding carboxylic acids is 1.